The minimum absolute atomic E-state index is 0.0738. The molecule has 92 valence electrons. The van der Waals surface area contributed by atoms with Gasteiger partial charge in [-0.05, 0) is 18.4 Å². The third kappa shape index (κ3) is 2.52. The molecule has 1 aliphatic rings. The highest BCUT2D eigenvalue weighted by atomic mass is 35.5. The molecular weight excluding hydrogens is 240 g/mol. The fraction of sp³-hybridized carbons (Fsp3) is 0.500. The van der Waals surface area contributed by atoms with Crippen LogP contribution in [0.1, 0.15) is 16.8 Å². The van der Waals surface area contributed by atoms with Gasteiger partial charge in [-0.25, -0.2) is 0 Å². The summed E-state index contributed by atoms with van der Waals surface area (Å²) in [5, 5.41) is 0. The first-order valence-electron chi connectivity index (χ1n) is 5.63. The molecule has 5 heteroatoms. The number of carbonyl (C=O) groups is 1. The van der Waals surface area contributed by atoms with Crippen LogP contribution in [0.4, 0.5) is 0 Å². The zero-order valence-corrected chi connectivity index (χ0v) is 10.5. The van der Waals surface area contributed by atoms with Crippen LogP contribution < -0.4 is 5.56 Å². The van der Waals surface area contributed by atoms with E-state index in [4.69, 9.17) is 11.6 Å². The molecule has 1 aliphatic heterocycles. The fourth-order valence-corrected chi connectivity index (χ4v) is 2.26. The van der Waals surface area contributed by atoms with Crippen LogP contribution in [0.5, 0.6) is 0 Å². The normalized spacial score (nSPS) is 19.6. The molecule has 2 rings (SSSR count). The maximum absolute atomic E-state index is 12.1. The lowest BCUT2D eigenvalue weighted by molar-refractivity contribution is 0.0788. The van der Waals surface area contributed by atoms with E-state index in [2.05, 4.69) is 0 Å². The number of hydrogen-bond donors (Lipinski definition) is 0. The van der Waals surface area contributed by atoms with Crippen molar-refractivity contribution >= 4 is 17.5 Å². The van der Waals surface area contributed by atoms with Gasteiger partial charge in [0.2, 0.25) is 0 Å². The van der Waals surface area contributed by atoms with Gasteiger partial charge >= 0.3 is 0 Å². The number of aryl methyl sites for hydroxylation is 1. The van der Waals surface area contributed by atoms with Gasteiger partial charge in [0.1, 0.15) is 0 Å². The minimum atomic E-state index is -0.163. The van der Waals surface area contributed by atoms with Crippen LogP contribution in [-0.4, -0.2) is 34.3 Å². The van der Waals surface area contributed by atoms with E-state index in [1.54, 1.807) is 24.2 Å². The number of halogens is 1. The van der Waals surface area contributed by atoms with Gasteiger partial charge in [0.15, 0.2) is 0 Å². The Morgan fingerprint density at radius 1 is 1.59 bits per heavy atom. The zero-order chi connectivity index (χ0) is 12.4. The number of rotatable bonds is 2. The van der Waals surface area contributed by atoms with Crippen LogP contribution in [0, 0.1) is 5.92 Å². The number of aromatic nitrogens is 1. The standard InChI is InChI=1S/C12H15ClN2O2/c1-14-4-3-10(6-11(14)16)12(17)15-5-2-9(7-13)8-15/h3-4,6,9H,2,5,7-8H2,1H3. The van der Waals surface area contributed by atoms with Gasteiger partial charge in [-0.3, -0.25) is 9.59 Å². The van der Waals surface area contributed by atoms with Crippen molar-refractivity contribution in [3.63, 3.8) is 0 Å². The molecule has 1 unspecified atom stereocenters. The van der Waals surface area contributed by atoms with E-state index in [1.807, 2.05) is 0 Å². The lowest BCUT2D eigenvalue weighted by Crippen LogP contribution is -2.30. The predicted octanol–water partition coefficient (Wildman–Crippen LogP) is 1.09. The van der Waals surface area contributed by atoms with Crippen molar-refractivity contribution < 1.29 is 4.79 Å². The van der Waals surface area contributed by atoms with Gasteiger partial charge in [0.25, 0.3) is 11.5 Å². The van der Waals surface area contributed by atoms with Gasteiger partial charge in [-0.15, -0.1) is 11.6 Å². The summed E-state index contributed by atoms with van der Waals surface area (Å²) in [6.07, 6.45) is 2.56. The number of nitrogens with zero attached hydrogens (tertiary/aromatic N) is 2. The molecule has 2 heterocycles. The summed E-state index contributed by atoms with van der Waals surface area (Å²) in [5.41, 5.74) is 0.298. The summed E-state index contributed by atoms with van der Waals surface area (Å²) in [6, 6.07) is 3.06. The second-order valence-electron chi connectivity index (χ2n) is 4.42. The van der Waals surface area contributed by atoms with Gasteiger partial charge in [0, 0.05) is 43.8 Å². The number of carbonyl (C=O) groups excluding carboxylic acids is 1. The van der Waals surface area contributed by atoms with E-state index in [-0.39, 0.29) is 11.5 Å². The monoisotopic (exact) mass is 254 g/mol. The highest BCUT2D eigenvalue weighted by molar-refractivity contribution is 6.18. The van der Waals surface area contributed by atoms with Crippen molar-refractivity contribution in [1.82, 2.24) is 9.47 Å². The fourth-order valence-electron chi connectivity index (χ4n) is 2.01. The molecule has 0 spiro atoms. The quantitative estimate of drug-likeness (QED) is 0.742. The lowest BCUT2D eigenvalue weighted by atomic mass is 10.2. The topological polar surface area (TPSA) is 42.3 Å². The number of amides is 1. The molecule has 17 heavy (non-hydrogen) atoms. The Morgan fingerprint density at radius 3 is 2.94 bits per heavy atom. The van der Waals surface area contributed by atoms with Crippen molar-refractivity contribution in [1.29, 1.82) is 0 Å². The van der Waals surface area contributed by atoms with E-state index < -0.39 is 0 Å². The highest BCUT2D eigenvalue weighted by Crippen LogP contribution is 2.19. The molecule has 1 atom stereocenters. The van der Waals surface area contributed by atoms with Gasteiger partial charge < -0.3 is 9.47 Å². The number of hydrogen-bond acceptors (Lipinski definition) is 2. The molecule has 1 aromatic heterocycles. The average Bonchev–Trinajstić information content (AvgIpc) is 2.80. The van der Waals surface area contributed by atoms with Crippen LogP contribution in [0.2, 0.25) is 0 Å². The van der Waals surface area contributed by atoms with Crippen molar-refractivity contribution in [3.8, 4) is 0 Å². The predicted molar refractivity (Wildman–Crippen MR) is 66.4 cm³/mol. The Morgan fingerprint density at radius 2 is 2.35 bits per heavy atom. The number of likely N-dealkylation sites (tertiary alicyclic amines) is 1. The SMILES string of the molecule is Cn1ccc(C(=O)N2CCC(CCl)C2)cc1=O. The molecule has 0 aliphatic carbocycles. The molecule has 0 saturated carbocycles. The summed E-state index contributed by atoms with van der Waals surface area (Å²) in [6.45, 7) is 1.42. The molecule has 0 aromatic carbocycles. The van der Waals surface area contributed by atoms with E-state index in [9.17, 15) is 9.59 Å². The number of alkyl halides is 1. The first kappa shape index (κ1) is 12.2. The van der Waals surface area contributed by atoms with Crippen molar-refractivity contribution in [2.45, 2.75) is 6.42 Å². The molecule has 0 radical (unpaired) electrons. The van der Waals surface area contributed by atoms with Crippen LogP contribution in [0.25, 0.3) is 0 Å². The van der Waals surface area contributed by atoms with E-state index in [1.165, 1.54) is 10.6 Å². The average molecular weight is 255 g/mol. The third-order valence-electron chi connectivity index (χ3n) is 3.14. The Labute approximate surface area is 105 Å². The van der Waals surface area contributed by atoms with Gasteiger partial charge in [-0.1, -0.05) is 0 Å². The Balaban J connectivity index is 2.15. The second-order valence-corrected chi connectivity index (χ2v) is 4.73. The molecule has 0 N–H and O–H groups in total. The molecular formula is C12H15ClN2O2. The smallest absolute Gasteiger partial charge is 0.254 e. The zero-order valence-electron chi connectivity index (χ0n) is 9.73. The summed E-state index contributed by atoms with van der Waals surface area (Å²) in [7, 11) is 1.66. The van der Waals surface area contributed by atoms with Crippen LogP contribution in [-0.2, 0) is 7.05 Å². The minimum Gasteiger partial charge on any atom is -0.338 e. The van der Waals surface area contributed by atoms with Crippen molar-refractivity contribution in [2.24, 2.45) is 13.0 Å². The summed E-state index contributed by atoms with van der Waals surface area (Å²) < 4.78 is 1.45. The largest absolute Gasteiger partial charge is 0.338 e. The molecule has 1 aromatic rings. The first-order chi connectivity index (χ1) is 8.11. The Kier molecular flexibility index (Phi) is 3.52. The number of pyridine rings is 1. The maximum atomic E-state index is 12.1. The first-order valence-corrected chi connectivity index (χ1v) is 6.17. The van der Waals surface area contributed by atoms with Crippen LogP contribution in [0.3, 0.4) is 0 Å². The molecule has 1 saturated heterocycles. The van der Waals surface area contributed by atoms with Crippen LogP contribution >= 0.6 is 11.6 Å². The van der Waals surface area contributed by atoms with E-state index in [0.29, 0.717) is 23.9 Å². The maximum Gasteiger partial charge on any atom is 0.254 e. The Hall–Kier alpha value is -1.29. The summed E-state index contributed by atoms with van der Waals surface area (Å²) >= 11 is 5.78. The van der Waals surface area contributed by atoms with Crippen molar-refractivity contribution in [2.75, 3.05) is 19.0 Å². The highest BCUT2D eigenvalue weighted by Gasteiger charge is 2.26. The summed E-state index contributed by atoms with van der Waals surface area (Å²) in [5.74, 6) is 0.892. The third-order valence-corrected chi connectivity index (χ3v) is 3.58. The van der Waals surface area contributed by atoms with Crippen LogP contribution in [0.15, 0.2) is 23.1 Å². The second kappa shape index (κ2) is 4.92. The van der Waals surface area contributed by atoms with Gasteiger partial charge in [-0.2, -0.15) is 0 Å². The van der Waals surface area contributed by atoms with E-state index in [0.717, 1.165) is 13.0 Å². The molecule has 4 nitrogen and oxygen atoms in total. The Bertz CT molecular complexity index is 484. The molecule has 1 fully saturated rings. The molecule has 0 bridgehead atoms. The van der Waals surface area contributed by atoms with Gasteiger partial charge in [0.05, 0.1) is 0 Å². The van der Waals surface area contributed by atoms with Crippen molar-refractivity contribution in [3.05, 3.63) is 34.2 Å². The molecule has 1 amide bonds. The summed E-state index contributed by atoms with van der Waals surface area (Å²) in [4.78, 5) is 25.3. The lowest BCUT2D eigenvalue weighted by Gasteiger charge is -2.16. The van der Waals surface area contributed by atoms with E-state index >= 15 is 0 Å².